The van der Waals surface area contributed by atoms with E-state index in [1.807, 2.05) is 12.3 Å². The Balaban J connectivity index is 3.45. The van der Waals surface area contributed by atoms with Gasteiger partial charge in [-0.05, 0) is 6.42 Å². The summed E-state index contributed by atoms with van der Waals surface area (Å²) in [4.78, 5) is 10.5. The molecule has 0 aromatic rings. The maximum Gasteiger partial charge on any atom is 0.250 e. The zero-order chi connectivity index (χ0) is 7.28. The summed E-state index contributed by atoms with van der Waals surface area (Å²) >= 11 is 0. The zero-order valence-corrected chi connectivity index (χ0v) is 5.55. The van der Waals surface area contributed by atoms with Crippen LogP contribution in [0, 0.1) is 0 Å². The molecule has 54 valence electrons. The Morgan fingerprint density at radius 2 is 2.33 bits per heavy atom. The van der Waals surface area contributed by atoms with Crippen LogP contribution >= 0.6 is 0 Å². The van der Waals surface area contributed by atoms with Gasteiger partial charge in [0, 0.05) is 0 Å². The largest absolute Gasteiger partial charge is 0.320 e. The van der Waals surface area contributed by atoms with Gasteiger partial charge in [-0.2, -0.15) is 0 Å². The van der Waals surface area contributed by atoms with E-state index < -0.39 is 6.04 Å². The van der Waals surface area contributed by atoms with Gasteiger partial charge in [-0.1, -0.05) is 13.3 Å². The van der Waals surface area contributed by atoms with Crippen LogP contribution in [-0.2, 0) is 4.79 Å². The standard InChI is InChI=1S/C5H13N3O/c1-2-3-4(6)5(9)8-7/h4H,2-3,6-7H2,1H3,(H,8,9)/t4-/m1/s1. The van der Waals surface area contributed by atoms with Crippen LogP contribution in [0.25, 0.3) is 0 Å². The van der Waals surface area contributed by atoms with Crippen molar-refractivity contribution in [1.82, 2.24) is 5.43 Å². The number of carbonyl (C=O) groups is 1. The minimum atomic E-state index is -0.444. The predicted octanol–water partition coefficient (Wildman–Crippen LogP) is -0.896. The lowest BCUT2D eigenvalue weighted by Gasteiger charge is -2.06. The minimum absolute atomic E-state index is 0.295. The highest BCUT2D eigenvalue weighted by molar-refractivity contribution is 5.80. The molecule has 0 saturated heterocycles. The van der Waals surface area contributed by atoms with E-state index in [0.717, 1.165) is 6.42 Å². The Bertz CT molecular complexity index is 94.2. The highest BCUT2D eigenvalue weighted by Gasteiger charge is 2.08. The minimum Gasteiger partial charge on any atom is -0.320 e. The number of hydrogen-bond donors (Lipinski definition) is 3. The molecule has 4 nitrogen and oxygen atoms in total. The van der Waals surface area contributed by atoms with Crippen molar-refractivity contribution in [2.24, 2.45) is 11.6 Å². The van der Waals surface area contributed by atoms with Crippen molar-refractivity contribution < 1.29 is 4.79 Å². The molecule has 0 fully saturated rings. The number of nitrogens with two attached hydrogens (primary N) is 2. The van der Waals surface area contributed by atoms with E-state index in [2.05, 4.69) is 0 Å². The fourth-order valence-electron chi connectivity index (χ4n) is 0.549. The van der Waals surface area contributed by atoms with Crippen LogP contribution in [0.1, 0.15) is 19.8 Å². The second-order valence-corrected chi connectivity index (χ2v) is 1.90. The quantitative estimate of drug-likeness (QED) is 0.264. The zero-order valence-electron chi connectivity index (χ0n) is 5.55. The molecule has 0 spiro atoms. The highest BCUT2D eigenvalue weighted by Crippen LogP contribution is 1.90. The van der Waals surface area contributed by atoms with Gasteiger partial charge in [0.05, 0.1) is 6.04 Å². The summed E-state index contributed by atoms with van der Waals surface area (Å²) in [7, 11) is 0. The summed E-state index contributed by atoms with van der Waals surface area (Å²) < 4.78 is 0. The number of nitrogens with one attached hydrogen (secondary N) is 1. The first-order valence-corrected chi connectivity index (χ1v) is 2.98. The molecule has 1 atom stereocenters. The van der Waals surface area contributed by atoms with Crippen LogP contribution in [0.2, 0.25) is 0 Å². The molecule has 0 unspecified atom stereocenters. The summed E-state index contributed by atoms with van der Waals surface area (Å²) in [6.07, 6.45) is 1.58. The lowest BCUT2D eigenvalue weighted by Crippen LogP contribution is -2.43. The van der Waals surface area contributed by atoms with Gasteiger partial charge < -0.3 is 5.73 Å². The average molecular weight is 131 g/mol. The number of hydrazine groups is 1. The topological polar surface area (TPSA) is 81.1 Å². The Morgan fingerprint density at radius 3 is 2.67 bits per heavy atom. The lowest BCUT2D eigenvalue weighted by atomic mass is 10.2. The maximum atomic E-state index is 10.5. The van der Waals surface area contributed by atoms with E-state index in [1.54, 1.807) is 0 Å². The van der Waals surface area contributed by atoms with Crippen LogP contribution in [0.15, 0.2) is 0 Å². The van der Waals surface area contributed by atoms with Crippen molar-refractivity contribution in [3.05, 3.63) is 0 Å². The van der Waals surface area contributed by atoms with E-state index in [-0.39, 0.29) is 5.91 Å². The summed E-state index contributed by atoms with van der Waals surface area (Å²) in [6, 6.07) is -0.444. The van der Waals surface area contributed by atoms with Gasteiger partial charge in [-0.25, -0.2) is 5.84 Å². The molecule has 0 aromatic carbocycles. The van der Waals surface area contributed by atoms with Crippen molar-refractivity contribution in [3.63, 3.8) is 0 Å². The van der Waals surface area contributed by atoms with Gasteiger partial charge in [0.2, 0.25) is 0 Å². The van der Waals surface area contributed by atoms with Crippen LogP contribution < -0.4 is 17.0 Å². The second-order valence-electron chi connectivity index (χ2n) is 1.90. The van der Waals surface area contributed by atoms with E-state index in [9.17, 15) is 4.79 Å². The molecule has 1 amide bonds. The number of carbonyl (C=O) groups excluding carboxylic acids is 1. The summed E-state index contributed by atoms with van der Waals surface area (Å²) in [6.45, 7) is 1.96. The Labute approximate surface area is 54.6 Å². The number of amides is 1. The predicted molar refractivity (Wildman–Crippen MR) is 35.2 cm³/mol. The fraction of sp³-hybridized carbons (Fsp3) is 0.800. The molecule has 0 aliphatic rings. The molecule has 0 bridgehead atoms. The van der Waals surface area contributed by atoms with Gasteiger partial charge in [0.1, 0.15) is 0 Å². The maximum absolute atomic E-state index is 10.5. The fourth-order valence-corrected chi connectivity index (χ4v) is 0.549. The van der Waals surface area contributed by atoms with Gasteiger partial charge >= 0.3 is 0 Å². The van der Waals surface area contributed by atoms with Gasteiger partial charge in [0.15, 0.2) is 0 Å². The van der Waals surface area contributed by atoms with Crippen LogP contribution in [0.5, 0.6) is 0 Å². The molecule has 0 aliphatic heterocycles. The second kappa shape index (κ2) is 4.29. The monoisotopic (exact) mass is 131 g/mol. The van der Waals surface area contributed by atoms with Crippen LogP contribution in [0.4, 0.5) is 0 Å². The molecule has 0 saturated carbocycles. The Hall–Kier alpha value is -0.610. The van der Waals surface area contributed by atoms with E-state index in [4.69, 9.17) is 11.6 Å². The van der Waals surface area contributed by atoms with E-state index >= 15 is 0 Å². The smallest absolute Gasteiger partial charge is 0.250 e. The van der Waals surface area contributed by atoms with Crippen molar-refractivity contribution in [2.45, 2.75) is 25.8 Å². The Kier molecular flexibility index (Phi) is 4.00. The average Bonchev–Trinajstić information content (AvgIpc) is 1.87. The molecule has 0 heterocycles. The van der Waals surface area contributed by atoms with Crippen molar-refractivity contribution >= 4 is 5.91 Å². The van der Waals surface area contributed by atoms with E-state index in [1.165, 1.54) is 0 Å². The molecule has 0 rings (SSSR count). The first kappa shape index (κ1) is 8.39. The summed E-state index contributed by atoms with van der Waals surface area (Å²) in [5, 5.41) is 0. The van der Waals surface area contributed by atoms with E-state index in [0.29, 0.717) is 6.42 Å². The third kappa shape index (κ3) is 3.05. The highest BCUT2D eigenvalue weighted by atomic mass is 16.2. The number of hydrogen-bond acceptors (Lipinski definition) is 3. The van der Waals surface area contributed by atoms with Crippen LogP contribution in [-0.4, -0.2) is 11.9 Å². The Morgan fingerprint density at radius 1 is 1.78 bits per heavy atom. The van der Waals surface area contributed by atoms with Gasteiger partial charge in [-0.3, -0.25) is 10.2 Å². The third-order valence-corrected chi connectivity index (χ3v) is 1.08. The van der Waals surface area contributed by atoms with Gasteiger partial charge in [0.25, 0.3) is 5.91 Å². The van der Waals surface area contributed by atoms with Crippen molar-refractivity contribution in [2.75, 3.05) is 0 Å². The van der Waals surface area contributed by atoms with Crippen molar-refractivity contribution in [3.8, 4) is 0 Å². The summed E-state index contributed by atoms with van der Waals surface area (Å²) in [5.41, 5.74) is 7.33. The molecule has 0 aliphatic carbocycles. The molecule has 5 N–H and O–H groups in total. The molecule has 4 heteroatoms. The molecule has 9 heavy (non-hydrogen) atoms. The van der Waals surface area contributed by atoms with Gasteiger partial charge in [-0.15, -0.1) is 0 Å². The van der Waals surface area contributed by atoms with Crippen molar-refractivity contribution in [1.29, 1.82) is 0 Å². The molecule has 0 aromatic heterocycles. The lowest BCUT2D eigenvalue weighted by molar-refractivity contribution is -0.122. The normalized spacial score (nSPS) is 12.8. The first-order chi connectivity index (χ1) is 4.22. The first-order valence-electron chi connectivity index (χ1n) is 2.98. The molecular weight excluding hydrogens is 118 g/mol. The number of rotatable bonds is 3. The summed E-state index contributed by atoms with van der Waals surface area (Å²) in [5.74, 6) is 4.53. The SMILES string of the molecule is CCC[C@@H](N)C(=O)NN. The molecule has 0 radical (unpaired) electrons. The third-order valence-electron chi connectivity index (χ3n) is 1.08. The molecular formula is C5H13N3O. The van der Waals surface area contributed by atoms with Crippen LogP contribution in [0.3, 0.4) is 0 Å².